The van der Waals surface area contributed by atoms with Crippen molar-refractivity contribution >= 4 is 6.09 Å². The first kappa shape index (κ1) is 11.5. The van der Waals surface area contributed by atoms with Gasteiger partial charge in [-0.25, -0.2) is 4.79 Å². The fourth-order valence-corrected chi connectivity index (χ4v) is 2.86. The molecule has 1 aromatic rings. The fraction of sp³-hybridized carbons (Fsp3) is 0.500. The number of fused-ring (bicyclic) bond motifs is 1. The van der Waals surface area contributed by atoms with Crippen molar-refractivity contribution in [3.8, 4) is 0 Å². The lowest BCUT2D eigenvalue weighted by atomic mass is 9.93. The molecule has 2 heterocycles. The normalized spacial score (nSPS) is 26.6. The van der Waals surface area contributed by atoms with E-state index in [1.165, 1.54) is 0 Å². The second kappa shape index (κ2) is 4.61. The maximum atomic E-state index is 11.9. The number of benzene rings is 1. The van der Waals surface area contributed by atoms with Crippen molar-refractivity contribution in [3.63, 3.8) is 0 Å². The maximum Gasteiger partial charge on any atom is 0.410 e. The van der Waals surface area contributed by atoms with Gasteiger partial charge in [0.15, 0.2) is 0 Å². The highest BCUT2D eigenvalue weighted by molar-refractivity contribution is 5.68. The van der Waals surface area contributed by atoms with Crippen LogP contribution in [0.25, 0.3) is 0 Å². The summed E-state index contributed by atoms with van der Waals surface area (Å²) in [6, 6.07) is 10.3. The molecule has 1 amide bonds. The molecule has 0 bridgehead atoms. The number of carbonyl (C=O) groups excluding carboxylic acids is 1. The Morgan fingerprint density at radius 2 is 2.06 bits per heavy atom. The van der Waals surface area contributed by atoms with Crippen molar-refractivity contribution in [2.24, 2.45) is 5.92 Å². The summed E-state index contributed by atoms with van der Waals surface area (Å²) in [4.78, 5) is 16.1. The topological polar surface area (TPSA) is 32.8 Å². The van der Waals surface area contributed by atoms with E-state index in [4.69, 9.17) is 4.74 Å². The van der Waals surface area contributed by atoms with Crippen molar-refractivity contribution in [2.75, 3.05) is 26.7 Å². The summed E-state index contributed by atoms with van der Waals surface area (Å²) < 4.78 is 5.34. The van der Waals surface area contributed by atoms with Gasteiger partial charge in [0, 0.05) is 31.6 Å². The number of hydrogen-bond donors (Lipinski definition) is 0. The summed E-state index contributed by atoms with van der Waals surface area (Å²) >= 11 is 0. The molecule has 2 atom stereocenters. The van der Waals surface area contributed by atoms with E-state index in [2.05, 4.69) is 11.9 Å². The lowest BCUT2D eigenvalue weighted by molar-refractivity contribution is 0.0822. The number of ether oxygens (including phenoxy) is 1. The molecule has 0 radical (unpaired) electrons. The summed E-state index contributed by atoms with van der Waals surface area (Å²) in [5, 5.41) is 0. The lowest BCUT2D eigenvalue weighted by Crippen LogP contribution is -2.52. The Hall–Kier alpha value is -1.55. The first-order valence-corrected chi connectivity index (χ1v) is 6.40. The molecule has 0 aromatic heterocycles. The average Bonchev–Trinajstić information content (AvgIpc) is 2.74. The van der Waals surface area contributed by atoms with Crippen LogP contribution in [-0.4, -0.2) is 48.6 Å². The van der Waals surface area contributed by atoms with Crippen molar-refractivity contribution in [3.05, 3.63) is 35.9 Å². The van der Waals surface area contributed by atoms with Gasteiger partial charge in [0.1, 0.15) is 6.61 Å². The third-order valence-electron chi connectivity index (χ3n) is 3.96. The Morgan fingerprint density at radius 1 is 1.28 bits per heavy atom. The van der Waals surface area contributed by atoms with Crippen molar-refractivity contribution in [2.45, 2.75) is 12.6 Å². The molecular weight excluding hydrogens is 228 g/mol. The zero-order valence-electron chi connectivity index (χ0n) is 10.6. The summed E-state index contributed by atoms with van der Waals surface area (Å²) in [5.74, 6) is 0.652. The highest BCUT2D eigenvalue weighted by Gasteiger charge is 2.45. The predicted octanol–water partition coefficient (Wildman–Crippen LogP) is 1.57. The molecule has 4 heteroatoms. The van der Waals surface area contributed by atoms with Gasteiger partial charge in [0.25, 0.3) is 0 Å². The van der Waals surface area contributed by atoms with Crippen LogP contribution in [0.2, 0.25) is 0 Å². The van der Waals surface area contributed by atoms with Crippen molar-refractivity contribution in [1.29, 1.82) is 0 Å². The monoisotopic (exact) mass is 246 g/mol. The summed E-state index contributed by atoms with van der Waals surface area (Å²) in [7, 11) is 2.11. The molecule has 18 heavy (non-hydrogen) atoms. The van der Waals surface area contributed by atoms with E-state index in [0.29, 0.717) is 18.6 Å². The minimum atomic E-state index is -0.179. The van der Waals surface area contributed by atoms with Gasteiger partial charge in [-0.3, -0.25) is 0 Å². The molecule has 3 rings (SSSR count). The number of amides is 1. The van der Waals surface area contributed by atoms with Crippen LogP contribution in [0.5, 0.6) is 0 Å². The second-order valence-electron chi connectivity index (χ2n) is 5.21. The molecule has 2 saturated heterocycles. The number of likely N-dealkylation sites (N-methyl/N-ethyl adjacent to an activating group) is 1. The molecular formula is C14H18N2O2. The van der Waals surface area contributed by atoms with E-state index in [9.17, 15) is 4.79 Å². The molecule has 0 spiro atoms. The van der Waals surface area contributed by atoms with E-state index in [1.54, 1.807) is 0 Å². The molecule has 0 saturated carbocycles. The Kier molecular flexibility index (Phi) is 2.96. The van der Waals surface area contributed by atoms with Crippen LogP contribution in [0.3, 0.4) is 0 Å². The van der Waals surface area contributed by atoms with Crippen molar-refractivity contribution in [1.82, 2.24) is 9.80 Å². The van der Waals surface area contributed by atoms with Crippen LogP contribution < -0.4 is 0 Å². The van der Waals surface area contributed by atoms with Gasteiger partial charge in [-0.15, -0.1) is 0 Å². The van der Waals surface area contributed by atoms with E-state index in [0.717, 1.165) is 25.2 Å². The van der Waals surface area contributed by atoms with Crippen molar-refractivity contribution < 1.29 is 9.53 Å². The molecule has 1 aromatic carbocycles. The maximum absolute atomic E-state index is 11.9. The molecule has 2 aliphatic heterocycles. The van der Waals surface area contributed by atoms with Gasteiger partial charge in [-0.05, 0) is 12.6 Å². The Balaban J connectivity index is 1.51. The molecule has 2 fully saturated rings. The van der Waals surface area contributed by atoms with E-state index < -0.39 is 0 Å². The van der Waals surface area contributed by atoms with Gasteiger partial charge in [0.05, 0.1) is 0 Å². The van der Waals surface area contributed by atoms with Gasteiger partial charge in [-0.1, -0.05) is 30.3 Å². The third kappa shape index (κ3) is 2.08. The van der Waals surface area contributed by atoms with Crippen LogP contribution in [-0.2, 0) is 11.3 Å². The van der Waals surface area contributed by atoms with Crippen LogP contribution >= 0.6 is 0 Å². The summed E-state index contributed by atoms with van der Waals surface area (Å²) in [6.45, 7) is 3.13. The first-order valence-electron chi connectivity index (χ1n) is 6.40. The van der Waals surface area contributed by atoms with Crippen LogP contribution in [0.4, 0.5) is 4.79 Å². The van der Waals surface area contributed by atoms with Crippen LogP contribution in [0, 0.1) is 5.92 Å². The smallest absolute Gasteiger partial charge is 0.410 e. The highest BCUT2D eigenvalue weighted by atomic mass is 16.6. The number of hydrogen-bond acceptors (Lipinski definition) is 3. The number of nitrogens with zero attached hydrogens (tertiary/aromatic N) is 2. The van der Waals surface area contributed by atoms with E-state index in [1.807, 2.05) is 35.2 Å². The van der Waals surface area contributed by atoms with Gasteiger partial charge < -0.3 is 14.5 Å². The minimum Gasteiger partial charge on any atom is -0.445 e. The Labute approximate surface area is 107 Å². The van der Waals surface area contributed by atoms with Gasteiger partial charge in [0.2, 0.25) is 0 Å². The molecule has 4 nitrogen and oxygen atoms in total. The fourth-order valence-electron chi connectivity index (χ4n) is 2.86. The van der Waals surface area contributed by atoms with Crippen LogP contribution in [0.1, 0.15) is 5.56 Å². The average molecular weight is 246 g/mol. The number of carbonyl (C=O) groups is 1. The lowest BCUT2D eigenvalue weighted by Gasteiger charge is -2.40. The van der Waals surface area contributed by atoms with Crippen LogP contribution in [0.15, 0.2) is 30.3 Å². The number of likely N-dealkylation sites (tertiary alicyclic amines) is 2. The highest BCUT2D eigenvalue weighted by Crippen LogP contribution is 2.30. The third-order valence-corrected chi connectivity index (χ3v) is 3.96. The van der Waals surface area contributed by atoms with E-state index in [-0.39, 0.29) is 6.09 Å². The molecule has 0 aliphatic carbocycles. The largest absolute Gasteiger partial charge is 0.445 e. The zero-order chi connectivity index (χ0) is 12.5. The summed E-state index contributed by atoms with van der Waals surface area (Å²) in [5.41, 5.74) is 1.03. The predicted molar refractivity (Wildman–Crippen MR) is 68.1 cm³/mol. The molecule has 0 N–H and O–H groups in total. The molecule has 96 valence electrons. The summed E-state index contributed by atoms with van der Waals surface area (Å²) in [6.07, 6.45) is -0.179. The standard InChI is InChI=1S/C14H18N2O2/c1-15-7-12-8-16(9-13(12)15)14(17)18-10-11-5-3-2-4-6-11/h2-6,12-13H,7-10H2,1H3/t12-,13+/m1/s1. The van der Waals surface area contributed by atoms with E-state index >= 15 is 0 Å². The zero-order valence-corrected chi connectivity index (χ0v) is 10.6. The van der Waals surface area contributed by atoms with Gasteiger partial charge in [-0.2, -0.15) is 0 Å². The minimum absolute atomic E-state index is 0.179. The Morgan fingerprint density at radius 3 is 2.72 bits per heavy atom. The Bertz CT molecular complexity index is 435. The quantitative estimate of drug-likeness (QED) is 0.794. The van der Waals surface area contributed by atoms with Gasteiger partial charge >= 0.3 is 6.09 Å². The SMILES string of the molecule is CN1C[C@@H]2CN(C(=O)OCc3ccccc3)C[C@@H]21. The number of rotatable bonds is 2. The molecule has 0 unspecified atom stereocenters. The molecule has 2 aliphatic rings. The second-order valence-corrected chi connectivity index (χ2v) is 5.21. The first-order chi connectivity index (χ1) is 8.74.